The Balaban J connectivity index is 2.17. The van der Waals surface area contributed by atoms with Gasteiger partial charge in [0.1, 0.15) is 5.25 Å². The van der Waals surface area contributed by atoms with Crippen molar-refractivity contribution in [3.8, 4) is 0 Å². The van der Waals surface area contributed by atoms with Crippen LogP contribution in [0.5, 0.6) is 0 Å². The smallest absolute Gasteiger partial charge is 0.240 e. The molecule has 0 saturated carbocycles. The Morgan fingerprint density at radius 3 is 3.18 bits per heavy atom. The number of thioether (sulfide) groups is 1. The lowest BCUT2D eigenvalue weighted by Gasteiger charge is -2.29. The average Bonchev–Trinajstić information content (AvgIpc) is 2.83. The van der Waals surface area contributed by atoms with Crippen molar-refractivity contribution >= 4 is 29.0 Å². The molecule has 2 atom stereocenters. The fraction of sp³-hybridized carbons (Fsp3) is 0.583. The number of hydrogen-bond acceptors (Lipinski definition) is 4. The SMILES string of the molecule is CC(CO)N(C)C(=O)C1SCCc2sccc21. The Kier molecular flexibility index (Phi) is 4.12. The number of aliphatic hydroxyl groups is 1. The predicted molar refractivity (Wildman–Crippen MR) is 72.5 cm³/mol. The molecule has 0 saturated heterocycles. The number of likely N-dealkylation sites (N-methyl/N-ethyl adjacent to an activating group) is 1. The van der Waals surface area contributed by atoms with Crippen molar-refractivity contribution in [2.45, 2.75) is 24.6 Å². The molecule has 0 aromatic carbocycles. The van der Waals surface area contributed by atoms with Gasteiger partial charge in [-0.15, -0.1) is 23.1 Å². The lowest BCUT2D eigenvalue weighted by molar-refractivity contribution is -0.131. The van der Waals surface area contributed by atoms with Gasteiger partial charge in [0.05, 0.1) is 12.6 Å². The molecule has 1 aliphatic rings. The molecule has 2 heterocycles. The second-order valence-electron chi connectivity index (χ2n) is 4.28. The Labute approximate surface area is 110 Å². The van der Waals surface area contributed by atoms with Crippen LogP contribution < -0.4 is 0 Å². The van der Waals surface area contributed by atoms with Crippen LogP contribution in [0, 0.1) is 0 Å². The quantitative estimate of drug-likeness (QED) is 0.913. The lowest BCUT2D eigenvalue weighted by atomic mass is 10.1. The van der Waals surface area contributed by atoms with Crippen molar-refractivity contribution in [2.75, 3.05) is 19.4 Å². The maximum Gasteiger partial charge on any atom is 0.240 e. The lowest BCUT2D eigenvalue weighted by Crippen LogP contribution is -2.40. The number of fused-ring (bicyclic) bond motifs is 1. The molecule has 1 aromatic heterocycles. The minimum atomic E-state index is -0.118. The zero-order valence-corrected chi connectivity index (χ0v) is 11.7. The summed E-state index contributed by atoms with van der Waals surface area (Å²) in [6.45, 7) is 1.87. The highest BCUT2D eigenvalue weighted by molar-refractivity contribution is 8.00. The topological polar surface area (TPSA) is 40.5 Å². The third-order valence-electron chi connectivity index (χ3n) is 3.17. The van der Waals surface area contributed by atoms with Gasteiger partial charge in [-0.1, -0.05) is 0 Å². The molecule has 1 N–H and O–H groups in total. The van der Waals surface area contributed by atoms with E-state index in [0.717, 1.165) is 12.2 Å². The number of carbonyl (C=O) groups excluding carboxylic acids is 1. The van der Waals surface area contributed by atoms with E-state index in [9.17, 15) is 4.79 Å². The van der Waals surface area contributed by atoms with Crippen LogP contribution in [0.1, 0.15) is 22.6 Å². The highest BCUT2D eigenvalue weighted by Gasteiger charge is 2.31. The number of aliphatic hydroxyl groups excluding tert-OH is 1. The second kappa shape index (κ2) is 5.42. The molecule has 0 fully saturated rings. The molecule has 1 aliphatic heterocycles. The van der Waals surface area contributed by atoms with Crippen LogP contribution in [-0.2, 0) is 11.2 Å². The fourth-order valence-corrected chi connectivity index (χ4v) is 4.27. The minimum absolute atomic E-state index is 0.0100. The first-order valence-corrected chi connectivity index (χ1v) is 7.63. The molecule has 0 aliphatic carbocycles. The maximum absolute atomic E-state index is 12.4. The first-order valence-electron chi connectivity index (χ1n) is 5.70. The molecule has 2 rings (SSSR count). The summed E-state index contributed by atoms with van der Waals surface area (Å²) < 4.78 is 0. The third-order valence-corrected chi connectivity index (χ3v) is 5.40. The van der Waals surface area contributed by atoms with Crippen molar-refractivity contribution in [2.24, 2.45) is 0 Å². The fourth-order valence-electron chi connectivity index (χ4n) is 1.88. The summed E-state index contributed by atoms with van der Waals surface area (Å²) in [5.74, 6) is 1.11. The highest BCUT2D eigenvalue weighted by Crippen LogP contribution is 2.40. The summed E-state index contributed by atoms with van der Waals surface area (Å²) >= 11 is 3.45. The molecule has 0 bridgehead atoms. The number of carbonyl (C=O) groups is 1. The van der Waals surface area contributed by atoms with E-state index in [-0.39, 0.29) is 23.8 Å². The first kappa shape index (κ1) is 12.9. The van der Waals surface area contributed by atoms with Gasteiger partial charge in [-0.3, -0.25) is 4.79 Å². The summed E-state index contributed by atoms with van der Waals surface area (Å²) in [4.78, 5) is 15.4. The predicted octanol–water partition coefficient (Wildman–Crippen LogP) is 1.92. The maximum atomic E-state index is 12.4. The van der Waals surface area contributed by atoms with Gasteiger partial charge in [0.2, 0.25) is 5.91 Å². The number of thiophene rings is 1. The van der Waals surface area contributed by atoms with Crippen molar-refractivity contribution < 1.29 is 9.90 Å². The van der Waals surface area contributed by atoms with E-state index in [1.54, 1.807) is 35.0 Å². The van der Waals surface area contributed by atoms with Crippen molar-refractivity contribution in [1.82, 2.24) is 4.90 Å². The van der Waals surface area contributed by atoms with Crippen LogP contribution >= 0.6 is 23.1 Å². The Hall–Kier alpha value is -0.520. The molecule has 3 nitrogen and oxygen atoms in total. The molecule has 2 unspecified atom stereocenters. The van der Waals surface area contributed by atoms with Crippen LogP contribution in [-0.4, -0.2) is 41.4 Å². The van der Waals surface area contributed by atoms with Crippen molar-refractivity contribution in [3.05, 3.63) is 21.9 Å². The average molecular weight is 271 g/mol. The molecule has 94 valence electrons. The minimum Gasteiger partial charge on any atom is -0.394 e. The number of amides is 1. The summed E-state index contributed by atoms with van der Waals surface area (Å²) in [5, 5.41) is 11.1. The van der Waals surface area contributed by atoms with E-state index in [1.807, 2.05) is 6.92 Å². The Morgan fingerprint density at radius 2 is 2.47 bits per heavy atom. The molecular formula is C12H17NO2S2. The van der Waals surface area contributed by atoms with E-state index >= 15 is 0 Å². The monoisotopic (exact) mass is 271 g/mol. The van der Waals surface area contributed by atoms with Gasteiger partial charge < -0.3 is 10.0 Å². The molecular weight excluding hydrogens is 254 g/mol. The Bertz CT molecular complexity index is 405. The summed E-state index contributed by atoms with van der Waals surface area (Å²) in [5.41, 5.74) is 1.17. The normalized spacial score (nSPS) is 20.8. The number of nitrogens with zero attached hydrogens (tertiary/aromatic N) is 1. The summed E-state index contributed by atoms with van der Waals surface area (Å²) in [6, 6.07) is 1.94. The van der Waals surface area contributed by atoms with E-state index in [4.69, 9.17) is 5.11 Å². The van der Waals surface area contributed by atoms with E-state index < -0.39 is 0 Å². The summed E-state index contributed by atoms with van der Waals surface area (Å²) in [7, 11) is 1.77. The van der Waals surface area contributed by atoms with Gasteiger partial charge in [-0.05, 0) is 36.1 Å². The standard InChI is InChI=1S/C12H17NO2S2/c1-8(7-14)13(2)12(15)11-9-3-5-16-10(9)4-6-17-11/h3,5,8,11,14H,4,6-7H2,1-2H3. The van der Waals surface area contributed by atoms with Crippen LogP contribution in [0.4, 0.5) is 0 Å². The first-order chi connectivity index (χ1) is 8.15. The van der Waals surface area contributed by atoms with Crippen molar-refractivity contribution in [3.63, 3.8) is 0 Å². The van der Waals surface area contributed by atoms with Crippen LogP contribution in [0.3, 0.4) is 0 Å². The summed E-state index contributed by atoms with van der Waals surface area (Å²) in [6.07, 6.45) is 1.07. The van der Waals surface area contributed by atoms with Gasteiger partial charge in [-0.2, -0.15) is 0 Å². The molecule has 1 aromatic rings. The van der Waals surface area contributed by atoms with Gasteiger partial charge in [0.15, 0.2) is 0 Å². The van der Waals surface area contributed by atoms with E-state index in [1.165, 1.54) is 10.4 Å². The number of aryl methyl sites for hydroxylation is 1. The van der Waals surface area contributed by atoms with Crippen LogP contribution in [0.15, 0.2) is 11.4 Å². The van der Waals surface area contributed by atoms with Crippen molar-refractivity contribution in [1.29, 1.82) is 0 Å². The largest absolute Gasteiger partial charge is 0.394 e. The van der Waals surface area contributed by atoms with Crippen LogP contribution in [0.2, 0.25) is 0 Å². The van der Waals surface area contributed by atoms with E-state index in [2.05, 4.69) is 11.4 Å². The number of rotatable bonds is 3. The van der Waals surface area contributed by atoms with Gasteiger partial charge in [0, 0.05) is 11.9 Å². The van der Waals surface area contributed by atoms with Crippen LogP contribution in [0.25, 0.3) is 0 Å². The molecule has 0 radical (unpaired) electrons. The second-order valence-corrected chi connectivity index (χ2v) is 6.49. The molecule has 17 heavy (non-hydrogen) atoms. The molecule has 5 heteroatoms. The zero-order chi connectivity index (χ0) is 12.4. The molecule has 0 spiro atoms. The van der Waals surface area contributed by atoms with E-state index in [0.29, 0.717) is 0 Å². The third kappa shape index (κ3) is 2.51. The molecule has 1 amide bonds. The number of hydrogen-bond donors (Lipinski definition) is 1. The van der Waals surface area contributed by atoms with Gasteiger partial charge >= 0.3 is 0 Å². The van der Waals surface area contributed by atoms with Gasteiger partial charge in [-0.25, -0.2) is 0 Å². The highest BCUT2D eigenvalue weighted by atomic mass is 32.2. The zero-order valence-electron chi connectivity index (χ0n) is 10.0. The van der Waals surface area contributed by atoms with Gasteiger partial charge in [0.25, 0.3) is 0 Å². The Morgan fingerprint density at radius 1 is 1.71 bits per heavy atom.